The summed E-state index contributed by atoms with van der Waals surface area (Å²) in [6, 6.07) is 2.09. The summed E-state index contributed by atoms with van der Waals surface area (Å²) in [6.45, 7) is 1.76. The van der Waals surface area contributed by atoms with Crippen molar-refractivity contribution in [1.82, 2.24) is 20.0 Å². The number of hydrogen-bond donors (Lipinski definition) is 1. The number of aromatic nitrogens is 4. The molecule has 0 radical (unpaired) electrons. The van der Waals surface area contributed by atoms with Gasteiger partial charge in [0.25, 0.3) is 0 Å². The van der Waals surface area contributed by atoms with E-state index in [1.54, 1.807) is 17.7 Å². The molecular formula is C8H10ClN5O. The molecule has 2 aromatic heterocycles. The van der Waals surface area contributed by atoms with E-state index in [4.69, 9.17) is 16.0 Å². The third-order valence-corrected chi connectivity index (χ3v) is 1.92. The molecule has 0 amide bonds. The molecule has 1 N–H and O–H groups in total. The van der Waals surface area contributed by atoms with Crippen molar-refractivity contribution in [3.8, 4) is 0 Å². The smallest absolute Gasteiger partial charge is 0.321 e. The SMILES string of the molecule is CC(Cl)c1nnc(Nc2ccn(C)n2)o1. The van der Waals surface area contributed by atoms with Crippen LogP contribution in [0.1, 0.15) is 18.2 Å². The van der Waals surface area contributed by atoms with Crippen molar-refractivity contribution in [3.05, 3.63) is 18.2 Å². The lowest BCUT2D eigenvalue weighted by Crippen LogP contribution is -1.93. The van der Waals surface area contributed by atoms with Crippen molar-refractivity contribution < 1.29 is 4.42 Å². The molecule has 0 aliphatic carbocycles. The Balaban J connectivity index is 2.11. The molecule has 80 valence electrons. The minimum Gasteiger partial charge on any atom is -0.406 e. The van der Waals surface area contributed by atoms with Crippen molar-refractivity contribution in [3.63, 3.8) is 0 Å². The second-order valence-electron chi connectivity index (χ2n) is 3.06. The number of alkyl halides is 1. The summed E-state index contributed by atoms with van der Waals surface area (Å²) < 4.78 is 6.91. The maximum absolute atomic E-state index is 5.78. The van der Waals surface area contributed by atoms with Crippen LogP contribution in [0.2, 0.25) is 0 Å². The maximum atomic E-state index is 5.78. The molecule has 6 nitrogen and oxygen atoms in total. The van der Waals surface area contributed by atoms with Crippen LogP contribution in [0.5, 0.6) is 0 Å². The van der Waals surface area contributed by atoms with E-state index in [-0.39, 0.29) is 11.4 Å². The lowest BCUT2D eigenvalue weighted by atomic mass is 10.5. The first kappa shape index (κ1) is 9.97. The van der Waals surface area contributed by atoms with Crippen LogP contribution in [-0.4, -0.2) is 20.0 Å². The predicted octanol–water partition coefficient (Wildman–Crippen LogP) is 1.85. The van der Waals surface area contributed by atoms with Crippen molar-refractivity contribution in [2.75, 3.05) is 5.32 Å². The molecule has 2 rings (SSSR count). The van der Waals surface area contributed by atoms with Gasteiger partial charge in [-0.2, -0.15) is 5.10 Å². The topological polar surface area (TPSA) is 68.8 Å². The van der Waals surface area contributed by atoms with E-state index in [2.05, 4.69) is 20.6 Å². The molecule has 15 heavy (non-hydrogen) atoms. The van der Waals surface area contributed by atoms with Crippen LogP contribution in [0.3, 0.4) is 0 Å². The van der Waals surface area contributed by atoms with E-state index < -0.39 is 0 Å². The van der Waals surface area contributed by atoms with E-state index in [0.29, 0.717) is 11.7 Å². The largest absolute Gasteiger partial charge is 0.406 e. The van der Waals surface area contributed by atoms with E-state index in [0.717, 1.165) is 0 Å². The van der Waals surface area contributed by atoms with Gasteiger partial charge in [0.15, 0.2) is 5.82 Å². The standard InChI is InChI=1S/C8H10ClN5O/c1-5(9)7-11-12-8(15-7)10-6-3-4-14(2)13-6/h3-5H,1-2H3,(H,10,12,13). The monoisotopic (exact) mass is 227 g/mol. The van der Waals surface area contributed by atoms with Crippen LogP contribution in [0.4, 0.5) is 11.8 Å². The number of anilines is 2. The van der Waals surface area contributed by atoms with E-state index in [1.165, 1.54) is 0 Å². The minimum absolute atomic E-state index is 0.288. The first-order valence-electron chi connectivity index (χ1n) is 4.39. The molecule has 2 heterocycles. The fraction of sp³-hybridized carbons (Fsp3) is 0.375. The Bertz CT molecular complexity index is 449. The van der Waals surface area contributed by atoms with Crippen LogP contribution in [0, 0.1) is 0 Å². The number of aryl methyl sites for hydroxylation is 1. The quantitative estimate of drug-likeness (QED) is 0.811. The number of nitrogens with zero attached hydrogens (tertiary/aromatic N) is 4. The van der Waals surface area contributed by atoms with Crippen molar-refractivity contribution in [2.24, 2.45) is 7.05 Å². The second kappa shape index (κ2) is 3.90. The molecule has 0 spiro atoms. The van der Waals surface area contributed by atoms with Crippen LogP contribution >= 0.6 is 11.6 Å². The fourth-order valence-electron chi connectivity index (χ4n) is 1.04. The molecule has 0 saturated carbocycles. The van der Waals surface area contributed by atoms with Gasteiger partial charge in [0.05, 0.1) is 0 Å². The van der Waals surface area contributed by atoms with E-state index in [9.17, 15) is 0 Å². The van der Waals surface area contributed by atoms with Crippen LogP contribution in [0.25, 0.3) is 0 Å². The van der Waals surface area contributed by atoms with Gasteiger partial charge in [-0.25, -0.2) is 0 Å². The highest BCUT2D eigenvalue weighted by Gasteiger charge is 2.11. The second-order valence-corrected chi connectivity index (χ2v) is 3.72. The summed E-state index contributed by atoms with van der Waals surface area (Å²) in [5.74, 6) is 1.03. The molecule has 0 saturated heterocycles. The molecule has 0 bridgehead atoms. The van der Waals surface area contributed by atoms with Crippen molar-refractivity contribution >= 4 is 23.4 Å². The van der Waals surface area contributed by atoms with E-state index >= 15 is 0 Å². The summed E-state index contributed by atoms with van der Waals surface area (Å²) in [4.78, 5) is 0. The zero-order valence-corrected chi connectivity index (χ0v) is 9.06. The molecular weight excluding hydrogens is 218 g/mol. The normalized spacial score (nSPS) is 12.7. The van der Waals surface area contributed by atoms with Crippen LogP contribution < -0.4 is 5.32 Å². The summed E-state index contributed by atoms with van der Waals surface area (Å²) >= 11 is 5.78. The highest BCUT2D eigenvalue weighted by molar-refractivity contribution is 6.20. The van der Waals surface area contributed by atoms with Gasteiger partial charge in [-0.1, -0.05) is 5.10 Å². The number of hydrogen-bond acceptors (Lipinski definition) is 5. The van der Waals surface area contributed by atoms with Gasteiger partial charge in [-0.05, 0) is 6.92 Å². The molecule has 0 aliphatic rings. The molecule has 1 unspecified atom stereocenters. The van der Waals surface area contributed by atoms with Crippen molar-refractivity contribution in [1.29, 1.82) is 0 Å². The Morgan fingerprint density at radius 3 is 2.87 bits per heavy atom. The highest BCUT2D eigenvalue weighted by Crippen LogP contribution is 2.20. The minimum atomic E-state index is -0.295. The molecule has 0 fully saturated rings. The zero-order valence-electron chi connectivity index (χ0n) is 8.31. The van der Waals surface area contributed by atoms with Gasteiger partial charge < -0.3 is 4.42 Å². The summed E-state index contributed by atoms with van der Waals surface area (Å²) in [6.07, 6.45) is 1.81. The zero-order chi connectivity index (χ0) is 10.8. The molecule has 1 atom stereocenters. The summed E-state index contributed by atoms with van der Waals surface area (Å²) in [5.41, 5.74) is 0. The summed E-state index contributed by atoms with van der Waals surface area (Å²) in [5, 5.41) is 14.2. The Morgan fingerprint density at radius 2 is 2.33 bits per heavy atom. The van der Waals surface area contributed by atoms with Gasteiger partial charge in [-0.15, -0.1) is 16.7 Å². The third-order valence-electron chi connectivity index (χ3n) is 1.73. The average molecular weight is 228 g/mol. The Labute approximate surface area is 91.2 Å². The number of nitrogens with one attached hydrogen (secondary N) is 1. The maximum Gasteiger partial charge on any atom is 0.321 e. The van der Waals surface area contributed by atoms with Gasteiger partial charge >= 0.3 is 6.01 Å². The van der Waals surface area contributed by atoms with Crippen LogP contribution in [-0.2, 0) is 7.05 Å². The van der Waals surface area contributed by atoms with Gasteiger partial charge in [-0.3, -0.25) is 10.00 Å². The average Bonchev–Trinajstić information content (AvgIpc) is 2.76. The van der Waals surface area contributed by atoms with Gasteiger partial charge in [0.1, 0.15) is 5.38 Å². The molecule has 2 aromatic rings. The van der Waals surface area contributed by atoms with Gasteiger partial charge in [0.2, 0.25) is 5.89 Å². The lowest BCUT2D eigenvalue weighted by molar-refractivity contribution is 0.509. The van der Waals surface area contributed by atoms with E-state index in [1.807, 2.05) is 13.2 Å². The van der Waals surface area contributed by atoms with Crippen molar-refractivity contribution in [2.45, 2.75) is 12.3 Å². The third kappa shape index (κ3) is 2.27. The summed E-state index contributed by atoms with van der Waals surface area (Å²) in [7, 11) is 1.82. The first-order chi connectivity index (χ1) is 7.15. The van der Waals surface area contributed by atoms with Gasteiger partial charge in [0, 0.05) is 19.3 Å². The van der Waals surface area contributed by atoms with Crippen LogP contribution in [0.15, 0.2) is 16.7 Å². The first-order valence-corrected chi connectivity index (χ1v) is 4.83. The lowest BCUT2D eigenvalue weighted by Gasteiger charge is -1.95. The number of rotatable bonds is 3. The number of halogens is 1. The Morgan fingerprint density at radius 1 is 1.53 bits per heavy atom. The highest BCUT2D eigenvalue weighted by atomic mass is 35.5. The Hall–Kier alpha value is -1.56. The predicted molar refractivity (Wildman–Crippen MR) is 55.1 cm³/mol. The molecule has 0 aromatic carbocycles. The Kier molecular flexibility index (Phi) is 2.59. The molecule has 0 aliphatic heterocycles. The molecule has 7 heteroatoms. The fourth-order valence-corrected chi connectivity index (χ4v) is 1.13.